The van der Waals surface area contributed by atoms with E-state index in [1.165, 1.54) is 0 Å². The molecular weight excluding hydrogens is 284 g/mol. The van der Waals surface area contributed by atoms with E-state index in [0.717, 1.165) is 19.3 Å². The molecule has 0 radical (unpaired) electrons. The van der Waals surface area contributed by atoms with Crippen molar-refractivity contribution < 1.29 is 25.6 Å². The fourth-order valence-corrected chi connectivity index (χ4v) is 5.29. The molecular formula is C9H21BrO3Ti. The monoisotopic (exact) mass is 304 g/mol. The van der Waals surface area contributed by atoms with E-state index in [2.05, 4.69) is 33.9 Å². The van der Waals surface area contributed by atoms with Crippen molar-refractivity contribution in [2.24, 2.45) is 0 Å². The molecule has 0 aliphatic rings. The van der Waals surface area contributed by atoms with Crippen molar-refractivity contribution in [1.82, 2.24) is 0 Å². The van der Waals surface area contributed by atoms with Crippen molar-refractivity contribution >= 4 is 13.2 Å². The second-order valence-corrected chi connectivity index (χ2v) is 9.89. The summed E-state index contributed by atoms with van der Waals surface area (Å²) in [6, 6.07) is 0. The molecule has 0 unspecified atom stereocenters. The van der Waals surface area contributed by atoms with Crippen LogP contribution >= 0.6 is 13.2 Å². The van der Waals surface area contributed by atoms with E-state index in [1.54, 1.807) is 0 Å². The van der Waals surface area contributed by atoms with Crippen molar-refractivity contribution in [3.05, 3.63) is 0 Å². The summed E-state index contributed by atoms with van der Waals surface area (Å²) in [5, 5.41) is 0. The second-order valence-electron chi connectivity index (χ2n) is 3.03. The third kappa shape index (κ3) is 7.38. The summed E-state index contributed by atoms with van der Waals surface area (Å²) in [4.78, 5) is 0. The Balaban J connectivity index is 3.89. The van der Waals surface area contributed by atoms with E-state index in [1.807, 2.05) is 0 Å². The normalized spacial score (nSPS) is 12.0. The van der Waals surface area contributed by atoms with Gasteiger partial charge in [-0.2, -0.15) is 0 Å². The molecule has 3 nitrogen and oxygen atoms in total. The van der Waals surface area contributed by atoms with E-state index in [-0.39, 0.29) is 0 Å². The molecule has 5 heteroatoms. The molecule has 14 heavy (non-hydrogen) atoms. The zero-order chi connectivity index (χ0) is 10.9. The molecule has 0 aromatic heterocycles. The number of halogens is 1. The SMILES string of the molecule is CCC[O][Ti]([Br])([O]CCC)[O]CCC. The third-order valence-corrected chi connectivity index (χ3v) is 6.84. The van der Waals surface area contributed by atoms with Gasteiger partial charge < -0.3 is 0 Å². The first-order chi connectivity index (χ1) is 6.68. The molecule has 0 fully saturated rings. The Morgan fingerprint density at radius 2 is 1.07 bits per heavy atom. The van der Waals surface area contributed by atoms with Gasteiger partial charge in [0.05, 0.1) is 0 Å². The summed E-state index contributed by atoms with van der Waals surface area (Å²) in [7, 11) is 0. The van der Waals surface area contributed by atoms with Crippen LogP contribution in [-0.2, 0) is 25.6 Å². The van der Waals surface area contributed by atoms with E-state index in [0.29, 0.717) is 19.8 Å². The van der Waals surface area contributed by atoms with Crippen LogP contribution in [0.25, 0.3) is 0 Å². The first-order valence-electron chi connectivity index (χ1n) is 5.29. The quantitative estimate of drug-likeness (QED) is 0.610. The van der Waals surface area contributed by atoms with Gasteiger partial charge in [-0.3, -0.25) is 0 Å². The molecule has 0 aliphatic carbocycles. The average Bonchev–Trinajstić information content (AvgIpc) is 2.21. The number of rotatable bonds is 9. The van der Waals surface area contributed by atoms with E-state index < -0.39 is 15.7 Å². The Labute approximate surface area is 98.3 Å². The van der Waals surface area contributed by atoms with Gasteiger partial charge in [0, 0.05) is 0 Å². The van der Waals surface area contributed by atoms with Crippen LogP contribution in [0.5, 0.6) is 0 Å². The van der Waals surface area contributed by atoms with Crippen molar-refractivity contribution in [1.29, 1.82) is 0 Å². The molecule has 0 aliphatic heterocycles. The van der Waals surface area contributed by atoms with E-state index in [9.17, 15) is 0 Å². The van der Waals surface area contributed by atoms with Crippen LogP contribution in [-0.4, -0.2) is 19.8 Å². The van der Waals surface area contributed by atoms with Crippen LogP contribution in [0.4, 0.5) is 0 Å². The molecule has 0 saturated carbocycles. The molecule has 0 N–H and O–H groups in total. The Hall–Kier alpha value is 1.07. The molecule has 0 atom stereocenters. The third-order valence-electron chi connectivity index (χ3n) is 1.44. The molecule has 0 saturated heterocycles. The summed E-state index contributed by atoms with van der Waals surface area (Å²) >= 11 is 0.496. The molecule has 0 bridgehead atoms. The zero-order valence-corrected chi connectivity index (χ0v) is 12.5. The van der Waals surface area contributed by atoms with Gasteiger partial charge in [-0.25, -0.2) is 0 Å². The average molecular weight is 305 g/mol. The van der Waals surface area contributed by atoms with Gasteiger partial charge in [0.2, 0.25) is 0 Å². The Bertz CT molecular complexity index is 113. The summed E-state index contributed by atoms with van der Waals surface area (Å²) in [6.07, 6.45) is 2.97. The molecule has 0 aromatic rings. The standard InChI is InChI=1S/3C3H7O.BrH.Ti/c3*1-2-3-4;;/h3*2-3H2,1H3;1H;/q3*-1;;+4/p-1. The summed E-state index contributed by atoms with van der Waals surface area (Å²) < 4.78 is 16.9. The van der Waals surface area contributed by atoms with Crippen LogP contribution in [0.1, 0.15) is 40.0 Å². The van der Waals surface area contributed by atoms with Crippen molar-refractivity contribution in [2.45, 2.75) is 40.0 Å². The van der Waals surface area contributed by atoms with Crippen LogP contribution < -0.4 is 0 Å². The van der Waals surface area contributed by atoms with Gasteiger partial charge in [-0.15, -0.1) is 0 Å². The maximum absolute atomic E-state index is 5.64. The van der Waals surface area contributed by atoms with Gasteiger partial charge in [0.15, 0.2) is 0 Å². The Kier molecular flexibility index (Phi) is 10.0. The predicted molar refractivity (Wildman–Crippen MR) is 57.7 cm³/mol. The van der Waals surface area contributed by atoms with Crippen molar-refractivity contribution in [3.63, 3.8) is 0 Å². The second kappa shape index (κ2) is 9.31. The van der Waals surface area contributed by atoms with Gasteiger partial charge >= 0.3 is 98.6 Å². The molecule has 0 aromatic carbocycles. The first-order valence-corrected chi connectivity index (χ1v) is 11.1. The topological polar surface area (TPSA) is 27.7 Å². The fourth-order valence-electron chi connectivity index (χ4n) is 0.797. The van der Waals surface area contributed by atoms with Crippen LogP contribution in [0.15, 0.2) is 0 Å². The molecule has 0 heterocycles. The van der Waals surface area contributed by atoms with Gasteiger partial charge in [-0.05, 0) is 0 Å². The minimum absolute atomic E-state index is 0.707. The fraction of sp³-hybridized carbons (Fsp3) is 1.00. The minimum atomic E-state index is -3.01. The summed E-state index contributed by atoms with van der Waals surface area (Å²) in [6.45, 7) is 8.36. The molecule has 0 rings (SSSR count). The van der Waals surface area contributed by atoms with Crippen LogP contribution in [0.2, 0.25) is 0 Å². The molecule has 86 valence electrons. The van der Waals surface area contributed by atoms with Crippen molar-refractivity contribution in [3.8, 4) is 0 Å². The van der Waals surface area contributed by atoms with Gasteiger partial charge in [0.1, 0.15) is 0 Å². The first kappa shape index (κ1) is 15.1. The summed E-state index contributed by atoms with van der Waals surface area (Å²) in [5.74, 6) is 0. The van der Waals surface area contributed by atoms with Crippen molar-refractivity contribution in [2.75, 3.05) is 19.8 Å². The number of hydrogen-bond donors (Lipinski definition) is 0. The molecule has 0 amide bonds. The van der Waals surface area contributed by atoms with Crippen LogP contribution in [0.3, 0.4) is 0 Å². The maximum atomic E-state index is 5.64. The predicted octanol–water partition coefficient (Wildman–Crippen LogP) is 3.48. The summed E-state index contributed by atoms with van der Waals surface area (Å²) in [5.41, 5.74) is 0. The van der Waals surface area contributed by atoms with E-state index >= 15 is 0 Å². The van der Waals surface area contributed by atoms with E-state index in [4.69, 9.17) is 9.96 Å². The molecule has 0 spiro atoms. The van der Waals surface area contributed by atoms with Crippen LogP contribution in [0, 0.1) is 0 Å². The Morgan fingerprint density at radius 1 is 0.786 bits per heavy atom. The van der Waals surface area contributed by atoms with Gasteiger partial charge in [0.25, 0.3) is 0 Å². The van der Waals surface area contributed by atoms with Gasteiger partial charge in [-0.1, -0.05) is 0 Å². The zero-order valence-electron chi connectivity index (χ0n) is 9.35. The number of hydrogen-bond acceptors (Lipinski definition) is 3. The Morgan fingerprint density at radius 3 is 1.29 bits per heavy atom.